The molecule has 0 bridgehead atoms. The number of hydrogen-bond donors (Lipinski definition) is 1. The van der Waals surface area contributed by atoms with Crippen molar-refractivity contribution in [2.45, 2.75) is 56.7 Å². The average molecular weight is 270 g/mol. The van der Waals surface area contributed by atoms with Gasteiger partial charge in [0.1, 0.15) is 5.54 Å². The Kier molecular flexibility index (Phi) is 4.18. The molecule has 2 N–H and O–H groups in total. The average Bonchev–Trinajstić information content (AvgIpc) is 2.37. The summed E-state index contributed by atoms with van der Waals surface area (Å²) in [4.78, 5) is 14.3. The second-order valence-corrected chi connectivity index (χ2v) is 6.46. The van der Waals surface area contributed by atoms with Crippen LogP contribution in [0.5, 0.6) is 0 Å². The second-order valence-electron chi connectivity index (χ2n) is 6.46. The summed E-state index contributed by atoms with van der Waals surface area (Å²) in [6.07, 6.45) is 3.48. The van der Waals surface area contributed by atoms with Crippen molar-refractivity contribution >= 4 is 5.97 Å². The molecule has 1 aliphatic carbocycles. The van der Waals surface area contributed by atoms with Crippen molar-refractivity contribution < 1.29 is 14.3 Å². The summed E-state index contributed by atoms with van der Waals surface area (Å²) in [6, 6.07) is 0.344. The van der Waals surface area contributed by atoms with E-state index in [-0.39, 0.29) is 11.5 Å². The van der Waals surface area contributed by atoms with Crippen LogP contribution >= 0.6 is 0 Å². The number of hydrogen-bond acceptors (Lipinski definition) is 5. The highest BCUT2D eigenvalue weighted by Gasteiger charge is 2.45. The zero-order valence-electron chi connectivity index (χ0n) is 12.3. The Hall–Kier alpha value is -0.650. The molecule has 0 amide bonds. The van der Waals surface area contributed by atoms with E-state index < -0.39 is 5.54 Å². The van der Waals surface area contributed by atoms with Gasteiger partial charge < -0.3 is 15.2 Å². The van der Waals surface area contributed by atoms with Gasteiger partial charge in [-0.05, 0) is 39.5 Å². The van der Waals surface area contributed by atoms with Crippen molar-refractivity contribution in [3.63, 3.8) is 0 Å². The van der Waals surface area contributed by atoms with Gasteiger partial charge in [-0.1, -0.05) is 0 Å². The molecule has 2 fully saturated rings. The fourth-order valence-corrected chi connectivity index (χ4v) is 3.48. The van der Waals surface area contributed by atoms with Crippen LogP contribution in [-0.4, -0.2) is 54.9 Å². The molecule has 5 heteroatoms. The van der Waals surface area contributed by atoms with Crippen molar-refractivity contribution in [1.29, 1.82) is 0 Å². The van der Waals surface area contributed by atoms with Gasteiger partial charge in [-0.15, -0.1) is 0 Å². The molecule has 0 radical (unpaired) electrons. The van der Waals surface area contributed by atoms with E-state index in [1.54, 1.807) is 0 Å². The highest BCUT2D eigenvalue weighted by Crippen LogP contribution is 2.34. The van der Waals surface area contributed by atoms with Crippen LogP contribution < -0.4 is 5.73 Å². The number of morpholine rings is 1. The van der Waals surface area contributed by atoms with E-state index in [0.717, 1.165) is 39.0 Å². The Labute approximate surface area is 115 Å². The lowest BCUT2D eigenvalue weighted by Gasteiger charge is -2.50. The smallest absolute Gasteiger partial charge is 0.325 e. The van der Waals surface area contributed by atoms with Gasteiger partial charge in [0.15, 0.2) is 0 Å². The lowest BCUT2D eigenvalue weighted by Crippen LogP contribution is -2.62. The first kappa shape index (κ1) is 14.8. The Bertz CT molecular complexity index is 346. The fourth-order valence-electron chi connectivity index (χ4n) is 3.48. The van der Waals surface area contributed by atoms with Crippen molar-refractivity contribution in [1.82, 2.24) is 4.90 Å². The SMILES string of the molecule is COC(=O)C1(N)CCCC(N2CCOCC2(C)C)C1. The van der Waals surface area contributed by atoms with Gasteiger partial charge in [-0.3, -0.25) is 9.69 Å². The number of nitrogens with zero attached hydrogens (tertiary/aromatic N) is 1. The van der Waals surface area contributed by atoms with Crippen LogP contribution in [0.1, 0.15) is 39.5 Å². The van der Waals surface area contributed by atoms with Crippen molar-refractivity contribution in [3.05, 3.63) is 0 Å². The molecule has 1 heterocycles. The normalized spacial score (nSPS) is 35.9. The third-order valence-corrected chi connectivity index (χ3v) is 4.50. The third-order valence-electron chi connectivity index (χ3n) is 4.50. The van der Waals surface area contributed by atoms with Gasteiger partial charge in [-0.25, -0.2) is 0 Å². The molecule has 2 atom stereocenters. The molecular weight excluding hydrogens is 244 g/mol. The van der Waals surface area contributed by atoms with Gasteiger partial charge in [-0.2, -0.15) is 0 Å². The Morgan fingerprint density at radius 1 is 1.47 bits per heavy atom. The van der Waals surface area contributed by atoms with Crippen LogP contribution in [0.2, 0.25) is 0 Å². The molecule has 2 rings (SSSR count). The molecule has 0 aromatic heterocycles. The maximum atomic E-state index is 11.9. The summed E-state index contributed by atoms with van der Waals surface area (Å²) in [7, 11) is 1.42. The first-order valence-electron chi connectivity index (χ1n) is 7.11. The molecule has 1 saturated carbocycles. The van der Waals surface area contributed by atoms with Crippen LogP contribution in [0.3, 0.4) is 0 Å². The molecule has 0 aromatic carbocycles. The van der Waals surface area contributed by atoms with Crippen molar-refractivity contribution in [2.75, 3.05) is 26.9 Å². The summed E-state index contributed by atoms with van der Waals surface area (Å²) in [5.41, 5.74) is 5.46. The van der Waals surface area contributed by atoms with Gasteiger partial charge in [0.25, 0.3) is 0 Å². The lowest BCUT2D eigenvalue weighted by molar-refractivity contribution is -0.151. The second kappa shape index (κ2) is 5.38. The van der Waals surface area contributed by atoms with E-state index in [1.165, 1.54) is 7.11 Å². The number of esters is 1. The van der Waals surface area contributed by atoms with E-state index in [1.807, 2.05) is 0 Å². The minimum Gasteiger partial charge on any atom is -0.468 e. The lowest BCUT2D eigenvalue weighted by atomic mass is 9.78. The summed E-state index contributed by atoms with van der Waals surface area (Å²) in [6.45, 7) is 6.79. The molecule has 0 aromatic rings. The number of methoxy groups -OCH3 is 1. The number of nitrogens with two attached hydrogens (primary N) is 1. The van der Waals surface area contributed by atoms with Crippen molar-refractivity contribution in [3.8, 4) is 0 Å². The summed E-state index contributed by atoms with van der Waals surface area (Å²) in [5.74, 6) is -0.275. The molecule has 1 saturated heterocycles. The Morgan fingerprint density at radius 3 is 2.84 bits per heavy atom. The topological polar surface area (TPSA) is 64.8 Å². The Balaban J connectivity index is 2.10. The number of ether oxygens (including phenoxy) is 2. The standard InChI is InChI=1S/C14H26N2O3/c1-13(2)10-19-8-7-16(13)11-5-4-6-14(15,9-11)12(17)18-3/h11H,4-10,15H2,1-3H3. The largest absolute Gasteiger partial charge is 0.468 e. The predicted octanol–water partition coefficient (Wildman–Crippen LogP) is 0.910. The van der Waals surface area contributed by atoms with Gasteiger partial charge in [0, 0.05) is 18.1 Å². The van der Waals surface area contributed by atoms with Crippen LogP contribution in [-0.2, 0) is 14.3 Å². The van der Waals surface area contributed by atoms with E-state index in [2.05, 4.69) is 18.7 Å². The predicted molar refractivity (Wildman–Crippen MR) is 72.8 cm³/mol. The highest BCUT2D eigenvalue weighted by molar-refractivity contribution is 5.80. The van der Waals surface area contributed by atoms with Gasteiger partial charge in [0.05, 0.1) is 20.3 Å². The minimum atomic E-state index is -0.813. The molecule has 2 aliphatic rings. The number of carbonyl (C=O) groups is 1. The molecular formula is C14H26N2O3. The van der Waals surface area contributed by atoms with Crippen LogP contribution in [0.15, 0.2) is 0 Å². The molecule has 2 unspecified atom stereocenters. The first-order chi connectivity index (χ1) is 8.89. The summed E-state index contributed by atoms with van der Waals surface area (Å²) >= 11 is 0. The fraction of sp³-hybridized carbons (Fsp3) is 0.929. The number of carbonyl (C=O) groups excluding carboxylic acids is 1. The third kappa shape index (κ3) is 2.93. The zero-order valence-corrected chi connectivity index (χ0v) is 12.3. The maximum absolute atomic E-state index is 11.9. The molecule has 1 aliphatic heterocycles. The summed E-state index contributed by atoms with van der Waals surface area (Å²) in [5, 5.41) is 0. The van der Waals surface area contributed by atoms with Gasteiger partial charge in [0.2, 0.25) is 0 Å². The van der Waals surface area contributed by atoms with Gasteiger partial charge >= 0.3 is 5.97 Å². The van der Waals surface area contributed by atoms with E-state index >= 15 is 0 Å². The molecule has 0 spiro atoms. The molecule has 5 nitrogen and oxygen atoms in total. The summed E-state index contributed by atoms with van der Waals surface area (Å²) < 4.78 is 10.4. The first-order valence-corrected chi connectivity index (χ1v) is 7.11. The van der Waals surface area contributed by atoms with Crippen LogP contribution in [0.4, 0.5) is 0 Å². The highest BCUT2D eigenvalue weighted by atomic mass is 16.5. The van der Waals surface area contributed by atoms with Crippen molar-refractivity contribution in [2.24, 2.45) is 5.73 Å². The van der Waals surface area contributed by atoms with E-state index in [4.69, 9.17) is 15.2 Å². The minimum absolute atomic E-state index is 0.0112. The number of rotatable bonds is 2. The monoisotopic (exact) mass is 270 g/mol. The molecule has 19 heavy (non-hydrogen) atoms. The maximum Gasteiger partial charge on any atom is 0.325 e. The van der Waals surface area contributed by atoms with E-state index in [0.29, 0.717) is 12.5 Å². The quantitative estimate of drug-likeness (QED) is 0.756. The van der Waals surface area contributed by atoms with Crippen LogP contribution in [0.25, 0.3) is 0 Å². The Morgan fingerprint density at radius 2 is 2.21 bits per heavy atom. The van der Waals surface area contributed by atoms with Crippen LogP contribution in [0, 0.1) is 0 Å². The zero-order chi connectivity index (χ0) is 14.1. The van der Waals surface area contributed by atoms with E-state index in [9.17, 15) is 4.79 Å². The molecule has 110 valence electrons.